The number of nitrogens with one attached hydrogen (secondary N) is 1. The van der Waals surface area contributed by atoms with Gasteiger partial charge < -0.3 is 5.32 Å². The highest BCUT2D eigenvalue weighted by atomic mass is 32.2. The second kappa shape index (κ2) is 5.38. The fourth-order valence-electron chi connectivity index (χ4n) is 2.50. The van der Waals surface area contributed by atoms with Crippen molar-refractivity contribution in [1.82, 2.24) is 9.21 Å². The summed E-state index contributed by atoms with van der Waals surface area (Å²) in [7, 11) is -3.18. The largest absolute Gasteiger partial charge is 0.306 e. The molecule has 2 rings (SSSR count). The summed E-state index contributed by atoms with van der Waals surface area (Å²) in [6, 6.07) is 10.5. The minimum atomic E-state index is -3.18. The summed E-state index contributed by atoms with van der Waals surface area (Å²) >= 11 is 0. The molecule has 0 aromatic heterocycles. The molecule has 18 heavy (non-hydrogen) atoms. The minimum Gasteiger partial charge on any atom is -0.306 e. The Kier molecular flexibility index (Phi) is 4.04. The molecule has 1 aromatic carbocycles. The second-order valence-corrected chi connectivity index (χ2v) is 6.89. The van der Waals surface area contributed by atoms with Gasteiger partial charge in [0.15, 0.2) is 5.69 Å². The van der Waals surface area contributed by atoms with E-state index in [1.807, 2.05) is 25.1 Å². The highest BCUT2D eigenvalue weighted by molar-refractivity contribution is 7.90. The fraction of sp³-hybridized carbons (Fsp3) is 0.538. The lowest BCUT2D eigenvalue weighted by Gasteiger charge is -2.39. The molecule has 1 aliphatic heterocycles. The standard InChI is InChI=1S/C13H20N2O2S/c1-2-12-18(16,17)15(10-8-14-9-11-15)13-6-4-3-5-7-13/h3-6,14H,2,8-12H2,1H3/q+1. The van der Waals surface area contributed by atoms with Crippen LogP contribution in [0.3, 0.4) is 0 Å². The van der Waals surface area contributed by atoms with Gasteiger partial charge in [0, 0.05) is 25.2 Å². The van der Waals surface area contributed by atoms with Crippen molar-refractivity contribution in [2.24, 2.45) is 0 Å². The second-order valence-electron chi connectivity index (χ2n) is 4.62. The third-order valence-corrected chi connectivity index (χ3v) is 5.98. The van der Waals surface area contributed by atoms with Crippen molar-refractivity contribution in [1.29, 1.82) is 0 Å². The van der Waals surface area contributed by atoms with Crippen LogP contribution in [0, 0.1) is 6.07 Å². The molecule has 1 aliphatic rings. The molecule has 0 aliphatic carbocycles. The van der Waals surface area contributed by atoms with Crippen molar-refractivity contribution >= 4 is 15.7 Å². The van der Waals surface area contributed by atoms with Gasteiger partial charge in [0.1, 0.15) is 18.8 Å². The van der Waals surface area contributed by atoms with Crippen LogP contribution in [0.2, 0.25) is 0 Å². The predicted molar refractivity (Wildman–Crippen MR) is 73.8 cm³/mol. The summed E-state index contributed by atoms with van der Waals surface area (Å²) in [6.45, 7) is 4.54. The molecule has 1 N–H and O–H groups in total. The van der Waals surface area contributed by atoms with E-state index < -0.39 is 10.0 Å². The Labute approximate surface area is 109 Å². The average molecular weight is 268 g/mol. The van der Waals surface area contributed by atoms with E-state index in [1.165, 1.54) is 0 Å². The maximum Gasteiger partial charge on any atom is 0.301 e. The molecule has 1 radical (unpaired) electrons. The number of piperazine rings is 1. The van der Waals surface area contributed by atoms with Gasteiger partial charge in [-0.2, -0.15) is 12.3 Å². The Morgan fingerprint density at radius 2 is 2.06 bits per heavy atom. The number of nitrogens with zero attached hydrogens (tertiary/aromatic N) is 1. The summed E-state index contributed by atoms with van der Waals surface area (Å²) < 4.78 is 25.3. The molecule has 1 saturated heterocycles. The maximum atomic E-state index is 12.6. The zero-order chi connectivity index (χ0) is 13.1. The molecule has 1 fully saturated rings. The van der Waals surface area contributed by atoms with Gasteiger partial charge in [-0.3, -0.25) is 0 Å². The Hall–Kier alpha value is -0.910. The molecule has 1 heterocycles. The van der Waals surface area contributed by atoms with E-state index in [2.05, 4.69) is 11.4 Å². The normalized spacial score (nSPS) is 19.6. The lowest BCUT2D eigenvalue weighted by atomic mass is 10.2. The van der Waals surface area contributed by atoms with Crippen LogP contribution in [-0.4, -0.2) is 40.3 Å². The molecular weight excluding hydrogens is 248 g/mol. The van der Waals surface area contributed by atoms with Gasteiger partial charge in [0.05, 0.1) is 0 Å². The highest BCUT2D eigenvalue weighted by Crippen LogP contribution is 2.28. The van der Waals surface area contributed by atoms with Crippen molar-refractivity contribution < 1.29 is 8.42 Å². The topological polar surface area (TPSA) is 46.2 Å². The van der Waals surface area contributed by atoms with Crippen molar-refractivity contribution in [3.05, 3.63) is 30.3 Å². The summed E-state index contributed by atoms with van der Waals surface area (Å²) in [4.78, 5) is 0. The fourth-order valence-corrected chi connectivity index (χ4v) is 4.51. The van der Waals surface area contributed by atoms with Crippen LogP contribution in [0.5, 0.6) is 0 Å². The van der Waals surface area contributed by atoms with Crippen LogP contribution in [0.1, 0.15) is 13.3 Å². The number of sulfonamides is 1. The van der Waals surface area contributed by atoms with Gasteiger partial charge >= 0.3 is 10.0 Å². The monoisotopic (exact) mass is 268 g/mol. The first kappa shape index (κ1) is 13.5. The average Bonchev–Trinajstić information content (AvgIpc) is 2.40. The minimum absolute atomic E-state index is 0.0503. The number of hydrogen-bond donors (Lipinski definition) is 1. The molecular formula is C13H20N2O2S+. The SMILES string of the molecule is CCCS(=O)(=O)[N+]1(c2[c]cccc2)CCNCC1. The molecule has 99 valence electrons. The molecule has 0 amide bonds. The summed E-state index contributed by atoms with van der Waals surface area (Å²) in [5.41, 5.74) is 0.771. The van der Waals surface area contributed by atoms with E-state index in [4.69, 9.17) is 0 Å². The summed E-state index contributed by atoms with van der Waals surface area (Å²) in [5, 5.41) is 3.23. The van der Waals surface area contributed by atoms with Gasteiger partial charge in [0.25, 0.3) is 0 Å². The maximum absolute atomic E-state index is 12.6. The quantitative estimate of drug-likeness (QED) is 0.833. The number of quaternary nitrogens is 1. The number of para-hydroxylation sites is 1. The van der Waals surface area contributed by atoms with E-state index >= 15 is 0 Å². The zero-order valence-corrected chi connectivity index (χ0v) is 11.5. The highest BCUT2D eigenvalue weighted by Gasteiger charge is 2.44. The van der Waals surface area contributed by atoms with Gasteiger partial charge in [0.2, 0.25) is 0 Å². The lowest BCUT2D eigenvalue weighted by molar-refractivity contribution is 0.354. The molecule has 4 nitrogen and oxygen atoms in total. The molecule has 0 saturated carbocycles. The molecule has 0 atom stereocenters. The Balaban J connectivity index is 2.47. The smallest absolute Gasteiger partial charge is 0.301 e. The lowest BCUT2D eigenvalue weighted by Crippen LogP contribution is -2.63. The third kappa shape index (κ3) is 2.30. The summed E-state index contributed by atoms with van der Waals surface area (Å²) in [5.74, 6) is 0.232. The first-order valence-electron chi connectivity index (χ1n) is 6.40. The van der Waals surface area contributed by atoms with E-state index in [1.54, 1.807) is 6.07 Å². The van der Waals surface area contributed by atoms with Crippen molar-refractivity contribution in [2.75, 3.05) is 31.9 Å². The van der Waals surface area contributed by atoms with Crippen molar-refractivity contribution in [3.8, 4) is 0 Å². The molecule has 5 heteroatoms. The molecule has 0 unspecified atom stereocenters. The van der Waals surface area contributed by atoms with Crippen LogP contribution in [0.4, 0.5) is 5.69 Å². The van der Waals surface area contributed by atoms with E-state index in [0.29, 0.717) is 19.5 Å². The van der Waals surface area contributed by atoms with Gasteiger partial charge in [-0.1, -0.05) is 19.1 Å². The Morgan fingerprint density at radius 3 is 2.61 bits per heavy atom. The third-order valence-electron chi connectivity index (χ3n) is 3.43. The number of hydrogen-bond acceptors (Lipinski definition) is 3. The van der Waals surface area contributed by atoms with Crippen LogP contribution in [-0.2, 0) is 10.0 Å². The van der Waals surface area contributed by atoms with E-state index in [-0.39, 0.29) is 9.64 Å². The Morgan fingerprint density at radius 1 is 1.33 bits per heavy atom. The Bertz CT molecular complexity index is 479. The van der Waals surface area contributed by atoms with Gasteiger partial charge in [-0.05, 0) is 12.5 Å². The summed E-state index contributed by atoms with van der Waals surface area (Å²) in [6.07, 6.45) is 0.655. The number of rotatable bonds is 4. The van der Waals surface area contributed by atoms with Crippen molar-refractivity contribution in [2.45, 2.75) is 13.3 Å². The first-order chi connectivity index (χ1) is 8.62. The zero-order valence-electron chi connectivity index (χ0n) is 10.7. The number of benzene rings is 1. The van der Waals surface area contributed by atoms with E-state index in [9.17, 15) is 8.42 Å². The molecule has 0 spiro atoms. The van der Waals surface area contributed by atoms with Crippen molar-refractivity contribution in [3.63, 3.8) is 0 Å². The van der Waals surface area contributed by atoms with Crippen LogP contribution in [0.15, 0.2) is 24.3 Å². The predicted octanol–water partition coefficient (Wildman–Crippen LogP) is 1.14. The van der Waals surface area contributed by atoms with E-state index in [0.717, 1.165) is 18.8 Å². The molecule has 1 aromatic rings. The first-order valence-corrected chi connectivity index (χ1v) is 8.01. The molecule has 0 bridgehead atoms. The van der Waals surface area contributed by atoms with Gasteiger partial charge in [-0.25, -0.2) is 0 Å². The van der Waals surface area contributed by atoms with Crippen LogP contribution in [0.25, 0.3) is 0 Å². The van der Waals surface area contributed by atoms with Crippen LogP contribution >= 0.6 is 0 Å². The van der Waals surface area contributed by atoms with Gasteiger partial charge in [-0.15, -0.1) is 0 Å². The van der Waals surface area contributed by atoms with Crippen LogP contribution < -0.4 is 9.21 Å².